The van der Waals surface area contributed by atoms with Crippen LogP contribution in [0.3, 0.4) is 0 Å². The Morgan fingerprint density at radius 3 is 1.43 bits per heavy atom. The van der Waals surface area contributed by atoms with Crippen LogP contribution in [0, 0.1) is 0 Å². The van der Waals surface area contributed by atoms with E-state index in [0.717, 1.165) is 96.3 Å². The van der Waals surface area contributed by atoms with Crippen LogP contribution < -0.4 is 5.32 Å². The first kappa shape index (κ1) is 67.6. The van der Waals surface area contributed by atoms with Gasteiger partial charge in [-0.15, -0.1) is 0 Å². The fraction of sp³-hybridized carbons (Fsp3) is 0.836. The average Bonchev–Trinajstić information content (AvgIpc) is 3.38. The van der Waals surface area contributed by atoms with E-state index in [9.17, 15) is 35.1 Å². The number of allylic oxidation sites excluding steroid dienone is 7. The van der Waals surface area contributed by atoms with Crippen molar-refractivity contribution in [3.63, 3.8) is 0 Å². The zero-order valence-electron chi connectivity index (χ0n) is 46.1. The van der Waals surface area contributed by atoms with Gasteiger partial charge < -0.3 is 45.1 Å². The number of aliphatic hydroxyl groups is 5. The summed E-state index contributed by atoms with van der Waals surface area (Å²) in [4.78, 5) is 25.0. The van der Waals surface area contributed by atoms with Crippen LogP contribution in [0.25, 0.3) is 0 Å². The molecule has 1 rings (SSSR count). The van der Waals surface area contributed by atoms with Crippen molar-refractivity contribution in [3.8, 4) is 0 Å². The lowest BCUT2D eigenvalue weighted by Crippen LogP contribution is -2.60. The topological polar surface area (TPSA) is 175 Å². The SMILES string of the molecule is CCC/C=C/CC/C=C/CC/C=C/C(O)C(COC1OC(CO)C(O)C(O)C1O)NC(=O)CCCCCCCCC/C=C\CCCCCCCCCCCCCOC(=O)CCCCCCCCCCCCC. The van der Waals surface area contributed by atoms with Crippen molar-refractivity contribution >= 4 is 11.9 Å². The zero-order valence-corrected chi connectivity index (χ0v) is 46.1. The van der Waals surface area contributed by atoms with E-state index in [1.807, 2.05) is 6.08 Å². The summed E-state index contributed by atoms with van der Waals surface area (Å²) in [5.41, 5.74) is 0. The van der Waals surface area contributed by atoms with E-state index in [2.05, 4.69) is 55.6 Å². The van der Waals surface area contributed by atoms with E-state index in [-0.39, 0.29) is 18.5 Å². The summed E-state index contributed by atoms with van der Waals surface area (Å²) in [6.45, 7) is 4.23. The zero-order chi connectivity index (χ0) is 52.4. The molecule has 7 atom stereocenters. The van der Waals surface area contributed by atoms with Gasteiger partial charge in [-0.3, -0.25) is 9.59 Å². The maximum atomic E-state index is 13.0. The second-order valence-corrected chi connectivity index (χ2v) is 20.7. The molecule has 7 unspecified atom stereocenters. The summed E-state index contributed by atoms with van der Waals surface area (Å²) in [5, 5.41) is 54.2. The molecule has 1 amide bonds. The number of amides is 1. The highest BCUT2D eigenvalue weighted by atomic mass is 16.7. The molecule has 0 spiro atoms. The number of esters is 1. The molecule has 11 heteroatoms. The van der Waals surface area contributed by atoms with Crippen LogP contribution in [0.1, 0.15) is 264 Å². The highest BCUT2D eigenvalue weighted by Gasteiger charge is 2.44. The number of nitrogens with one attached hydrogen (secondary N) is 1. The Balaban J connectivity index is 2.06. The molecule has 0 bridgehead atoms. The summed E-state index contributed by atoms with van der Waals surface area (Å²) >= 11 is 0. The molecule has 0 aromatic rings. The predicted octanol–water partition coefficient (Wildman–Crippen LogP) is 13.7. The molecule has 1 fully saturated rings. The summed E-state index contributed by atoms with van der Waals surface area (Å²) < 4.78 is 16.7. The quantitative estimate of drug-likeness (QED) is 0.0195. The number of ether oxygens (including phenoxy) is 3. The maximum Gasteiger partial charge on any atom is 0.305 e. The first-order valence-corrected chi connectivity index (χ1v) is 29.9. The molecule has 0 aliphatic carbocycles. The Labute approximate surface area is 440 Å². The number of hydrogen-bond donors (Lipinski definition) is 6. The molecule has 72 heavy (non-hydrogen) atoms. The minimum absolute atomic E-state index is 0.00415. The lowest BCUT2D eigenvalue weighted by Gasteiger charge is -2.40. The first-order chi connectivity index (χ1) is 35.2. The Hall–Kier alpha value is -2.38. The van der Waals surface area contributed by atoms with Crippen LogP contribution in [-0.4, -0.2) is 100 Å². The minimum Gasteiger partial charge on any atom is -0.466 e. The van der Waals surface area contributed by atoms with Crippen molar-refractivity contribution in [2.24, 2.45) is 0 Å². The molecule has 0 radical (unpaired) electrons. The Morgan fingerprint density at radius 1 is 0.500 bits per heavy atom. The van der Waals surface area contributed by atoms with E-state index < -0.39 is 49.5 Å². The molecule has 6 N–H and O–H groups in total. The fourth-order valence-electron chi connectivity index (χ4n) is 9.12. The minimum atomic E-state index is -1.58. The summed E-state index contributed by atoms with van der Waals surface area (Å²) in [6.07, 6.45) is 53.6. The second-order valence-electron chi connectivity index (χ2n) is 20.7. The number of rotatable bonds is 51. The molecule has 11 nitrogen and oxygen atoms in total. The van der Waals surface area contributed by atoms with Crippen LogP contribution in [0.2, 0.25) is 0 Å². The van der Waals surface area contributed by atoms with Crippen molar-refractivity contribution in [2.75, 3.05) is 19.8 Å². The van der Waals surface area contributed by atoms with E-state index >= 15 is 0 Å². The van der Waals surface area contributed by atoms with Crippen molar-refractivity contribution in [3.05, 3.63) is 48.6 Å². The van der Waals surface area contributed by atoms with Gasteiger partial charge in [-0.1, -0.05) is 223 Å². The van der Waals surface area contributed by atoms with Crippen molar-refractivity contribution < 1.29 is 49.3 Å². The standard InChI is InChI=1S/C61H111NO10/c1-3-5-7-9-11-13-27-31-35-39-43-47-54(64)53(52-71-61-60(69)59(68)58(67)55(51-63)72-61)62-56(65)48-44-40-36-32-29-25-23-21-19-17-15-16-18-20-22-24-26-30-34-38-42-46-50-70-57(66)49-45-41-37-33-28-14-12-10-8-6-4-2/h7,9,17,19,27,31,43,47,53-55,58-61,63-64,67-69H,3-6,8,10-16,18,20-26,28-30,32-42,44-46,48-52H2,1-2H3,(H,62,65)/b9-7+,19-17-,31-27+,47-43+. The first-order valence-electron chi connectivity index (χ1n) is 29.9. The Kier molecular flexibility index (Phi) is 47.7. The normalized spacial score (nSPS) is 19.3. The van der Waals surface area contributed by atoms with Gasteiger partial charge in [0.1, 0.15) is 24.4 Å². The smallest absolute Gasteiger partial charge is 0.305 e. The molecule has 1 saturated heterocycles. The maximum absolute atomic E-state index is 13.0. The summed E-state index contributed by atoms with van der Waals surface area (Å²) in [6, 6.07) is -0.839. The number of hydrogen-bond acceptors (Lipinski definition) is 10. The molecular formula is C61H111NO10. The van der Waals surface area contributed by atoms with E-state index in [1.165, 1.54) is 141 Å². The van der Waals surface area contributed by atoms with E-state index in [1.54, 1.807) is 6.08 Å². The molecule has 0 aromatic heterocycles. The molecule has 0 saturated carbocycles. The van der Waals surface area contributed by atoms with Gasteiger partial charge in [0.2, 0.25) is 5.91 Å². The van der Waals surface area contributed by atoms with Gasteiger partial charge >= 0.3 is 5.97 Å². The van der Waals surface area contributed by atoms with Crippen molar-refractivity contribution in [1.29, 1.82) is 0 Å². The van der Waals surface area contributed by atoms with Crippen LogP contribution in [0.4, 0.5) is 0 Å². The highest BCUT2D eigenvalue weighted by Crippen LogP contribution is 2.23. The second kappa shape index (κ2) is 50.8. The van der Waals surface area contributed by atoms with E-state index in [0.29, 0.717) is 19.4 Å². The van der Waals surface area contributed by atoms with Crippen LogP contribution in [0.5, 0.6) is 0 Å². The third-order valence-corrected chi connectivity index (χ3v) is 13.9. The van der Waals surface area contributed by atoms with Crippen molar-refractivity contribution in [2.45, 2.75) is 307 Å². The monoisotopic (exact) mass is 1020 g/mol. The molecule has 1 aliphatic heterocycles. The lowest BCUT2D eigenvalue weighted by molar-refractivity contribution is -0.302. The van der Waals surface area contributed by atoms with Crippen LogP contribution >= 0.6 is 0 Å². The lowest BCUT2D eigenvalue weighted by atomic mass is 9.99. The van der Waals surface area contributed by atoms with Gasteiger partial charge in [-0.05, 0) is 77.0 Å². The van der Waals surface area contributed by atoms with Gasteiger partial charge in [0.05, 0.1) is 32.0 Å². The van der Waals surface area contributed by atoms with Crippen LogP contribution in [0.15, 0.2) is 48.6 Å². The highest BCUT2D eigenvalue weighted by molar-refractivity contribution is 5.76. The van der Waals surface area contributed by atoms with Gasteiger partial charge in [0, 0.05) is 12.8 Å². The number of unbranched alkanes of at least 4 members (excludes halogenated alkanes) is 31. The predicted molar refractivity (Wildman–Crippen MR) is 297 cm³/mol. The van der Waals surface area contributed by atoms with Gasteiger partial charge in [0.15, 0.2) is 6.29 Å². The third kappa shape index (κ3) is 40.0. The van der Waals surface area contributed by atoms with Gasteiger partial charge in [-0.25, -0.2) is 0 Å². The summed E-state index contributed by atoms with van der Waals surface area (Å²) in [7, 11) is 0. The number of aliphatic hydroxyl groups excluding tert-OH is 5. The molecule has 1 heterocycles. The number of carbonyl (C=O) groups excluding carboxylic acids is 2. The molecular weight excluding hydrogens is 907 g/mol. The number of carbonyl (C=O) groups is 2. The van der Waals surface area contributed by atoms with Gasteiger partial charge in [0.25, 0.3) is 0 Å². The average molecular weight is 1020 g/mol. The largest absolute Gasteiger partial charge is 0.466 e. The fourth-order valence-corrected chi connectivity index (χ4v) is 9.12. The molecule has 0 aromatic carbocycles. The summed E-state index contributed by atoms with van der Waals surface area (Å²) in [5.74, 6) is -0.210. The Bertz CT molecular complexity index is 1340. The molecule has 420 valence electrons. The van der Waals surface area contributed by atoms with Crippen molar-refractivity contribution in [1.82, 2.24) is 5.32 Å². The third-order valence-electron chi connectivity index (χ3n) is 13.9. The van der Waals surface area contributed by atoms with E-state index in [4.69, 9.17) is 14.2 Å². The van der Waals surface area contributed by atoms with Crippen LogP contribution in [-0.2, 0) is 23.8 Å². The Morgan fingerprint density at radius 2 is 0.931 bits per heavy atom. The molecule has 1 aliphatic rings. The van der Waals surface area contributed by atoms with Gasteiger partial charge in [-0.2, -0.15) is 0 Å².